The maximum Gasteiger partial charge on any atom is 0.275 e. The number of carbonyl (C=O) groups is 1. The van der Waals surface area contributed by atoms with Gasteiger partial charge in [-0.1, -0.05) is 20.8 Å². The van der Waals surface area contributed by atoms with Gasteiger partial charge in [-0.2, -0.15) is 0 Å². The first-order chi connectivity index (χ1) is 9.92. The highest BCUT2D eigenvalue weighted by Crippen LogP contribution is 2.33. The van der Waals surface area contributed by atoms with E-state index in [1.165, 1.54) is 6.92 Å². The standard InChI is InChI=1S/C13H23F2N3O.C2H6/c1-3-17-6-5-12(13(14,15)9-17)18-7-4-11(8-18)16-10(2)19;1-2/h11-12H,3-9H2,1-2H3,(H,16,19);1-2H3. The fraction of sp³-hybridized carbons (Fsp3) is 0.933. The summed E-state index contributed by atoms with van der Waals surface area (Å²) in [4.78, 5) is 14.7. The number of likely N-dealkylation sites (tertiary alicyclic amines) is 2. The summed E-state index contributed by atoms with van der Waals surface area (Å²) < 4.78 is 28.4. The lowest BCUT2D eigenvalue weighted by Gasteiger charge is -2.42. The number of amides is 1. The molecule has 124 valence electrons. The normalized spacial score (nSPS) is 29.6. The third-order valence-electron chi connectivity index (χ3n) is 4.16. The van der Waals surface area contributed by atoms with E-state index in [-0.39, 0.29) is 18.5 Å². The van der Waals surface area contributed by atoms with Crippen LogP contribution in [-0.2, 0) is 4.79 Å². The predicted octanol–water partition coefficient (Wildman–Crippen LogP) is 1.95. The van der Waals surface area contributed by atoms with Gasteiger partial charge in [-0.3, -0.25) is 14.6 Å². The smallest absolute Gasteiger partial charge is 0.275 e. The van der Waals surface area contributed by atoms with Crippen molar-refractivity contribution in [1.82, 2.24) is 15.1 Å². The zero-order valence-corrected chi connectivity index (χ0v) is 13.7. The SMILES string of the molecule is CC.CCN1CCC(N2CCC(NC(C)=O)C2)C(F)(F)C1. The van der Waals surface area contributed by atoms with E-state index in [1.54, 1.807) is 4.90 Å². The van der Waals surface area contributed by atoms with Gasteiger partial charge in [-0.25, -0.2) is 8.78 Å². The van der Waals surface area contributed by atoms with Crippen molar-refractivity contribution in [3.05, 3.63) is 0 Å². The van der Waals surface area contributed by atoms with E-state index in [0.717, 1.165) is 13.0 Å². The number of hydrogen-bond donors (Lipinski definition) is 1. The lowest BCUT2D eigenvalue weighted by atomic mass is 9.99. The molecule has 21 heavy (non-hydrogen) atoms. The van der Waals surface area contributed by atoms with Gasteiger partial charge in [0.05, 0.1) is 12.6 Å². The molecule has 0 aromatic rings. The fourth-order valence-corrected chi connectivity index (χ4v) is 3.19. The number of nitrogens with one attached hydrogen (secondary N) is 1. The van der Waals surface area contributed by atoms with Gasteiger partial charge in [0.25, 0.3) is 5.92 Å². The molecule has 0 saturated carbocycles. The van der Waals surface area contributed by atoms with Crippen molar-refractivity contribution < 1.29 is 13.6 Å². The summed E-state index contributed by atoms with van der Waals surface area (Å²) in [5.74, 6) is -2.74. The summed E-state index contributed by atoms with van der Waals surface area (Å²) in [5.41, 5.74) is 0. The second kappa shape index (κ2) is 8.03. The van der Waals surface area contributed by atoms with Gasteiger partial charge in [0.15, 0.2) is 0 Å². The highest BCUT2D eigenvalue weighted by molar-refractivity contribution is 5.73. The summed E-state index contributed by atoms with van der Waals surface area (Å²) in [6, 6.07) is -0.647. The van der Waals surface area contributed by atoms with Gasteiger partial charge in [0, 0.05) is 32.6 Å². The van der Waals surface area contributed by atoms with Gasteiger partial charge >= 0.3 is 0 Å². The van der Waals surface area contributed by atoms with E-state index in [1.807, 2.05) is 25.7 Å². The molecule has 2 atom stereocenters. The summed E-state index contributed by atoms with van der Waals surface area (Å²) >= 11 is 0. The van der Waals surface area contributed by atoms with E-state index in [2.05, 4.69) is 5.32 Å². The molecule has 0 bridgehead atoms. The number of piperidine rings is 1. The predicted molar refractivity (Wildman–Crippen MR) is 80.6 cm³/mol. The molecular weight excluding hydrogens is 276 g/mol. The Morgan fingerprint density at radius 1 is 1.29 bits per heavy atom. The van der Waals surface area contributed by atoms with Gasteiger partial charge in [-0.05, 0) is 19.4 Å². The van der Waals surface area contributed by atoms with Crippen molar-refractivity contribution in [3.8, 4) is 0 Å². The van der Waals surface area contributed by atoms with Crippen molar-refractivity contribution in [1.29, 1.82) is 0 Å². The Kier molecular flexibility index (Phi) is 7.00. The van der Waals surface area contributed by atoms with Crippen LogP contribution < -0.4 is 5.32 Å². The van der Waals surface area contributed by atoms with Crippen LogP contribution in [0.2, 0.25) is 0 Å². The van der Waals surface area contributed by atoms with Crippen LogP contribution in [-0.4, -0.2) is 66.4 Å². The van der Waals surface area contributed by atoms with Crippen LogP contribution in [0.4, 0.5) is 8.78 Å². The summed E-state index contributed by atoms with van der Waals surface area (Å²) in [5, 5.41) is 2.82. The van der Waals surface area contributed by atoms with Crippen molar-refractivity contribution in [2.75, 3.05) is 32.7 Å². The molecule has 0 aromatic heterocycles. The second-order valence-electron chi connectivity index (χ2n) is 5.62. The Balaban J connectivity index is 0.00000106. The molecule has 4 nitrogen and oxygen atoms in total. The van der Waals surface area contributed by atoms with E-state index < -0.39 is 12.0 Å². The molecule has 0 aliphatic carbocycles. The molecule has 2 heterocycles. The molecule has 2 aliphatic heterocycles. The van der Waals surface area contributed by atoms with Crippen molar-refractivity contribution in [2.45, 2.75) is 58.5 Å². The van der Waals surface area contributed by atoms with Crippen molar-refractivity contribution in [2.24, 2.45) is 0 Å². The summed E-state index contributed by atoms with van der Waals surface area (Å²) in [6.07, 6.45) is 1.28. The van der Waals surface area contributed by atoms with Crippen LogP contribution in [0.15, 0.2) is 0 Å². The number of hydrogen-bond acceptors (Lipinski definition) is 3. The fourth-order valence-electron chi connectivity index (χ4n) is 3.19. The molecule has 2 rings (SSSR count). The minimum Gasteiger partial charge on any atom is -0.352 e. The maximum absolute atomic E-state index is 14.2. The van der Waals surface area contributed by atoms with E-state index in [4.69, 9.17) is 0 Å². The maximum atomic E-state index is 14.2. The Hall–Kier alpha value is -0.750. The number of nitrogens with zero attached hydrogens (tertiary/aromatic N) is 2. The lowest BCUT2D eigenvalue weighted by Crippen LogP contribution is -2.58. The first kappa shape index (κ1) is 18.3. The molecule has 2 fully saturated rings. The van der Waals surface area contributed by atoms with Crippen molar-refractivity contribution in [3.63, 3.8) is 0 Å². The minimum atomic E-state index is -2.65. The highest BCUT2D eigenvalue weighted by Gasteiger charge is 2.48. The van der Waals surface area contributed by atoms with Crippen LogP contribution in [0.1, 0.15) is 40.5 Å². The third-order valence-corrected chi connectivity index (χ3v) is 4.16. The van der Waals surface area contributed by atoms with Crippen LogP contribution in [0, 0.1) is 0 Å². The topological polar surface area (TPSA) is 35.6 Å². The lowest BCUT2D eigenvalue weighted by molar-refractivity contribution is -0.123. The highest BCUT2D eigenvalue weighted by atomic mass is 19.3. The van der Waals surface area contributed by atoms with E-state index >= 15 is 0 Å². The summed E-state index contributed by atoms with van der Waals surface area (Å²) in [6.45, 7) is 9.85. The number of alkyl halides is 2. The van der Waals surface area contributed by atoms with Crippen LogP contribution >= 0.6 is 0 Å². The molecule has 6 heteroatoms. The Morgan fingerprint density at radius 2 is 1.95 bits per heavy atom. The van der Waals surface area contributed by atoms with E-state index in [9.17, 15) is 13.6 Å². The average Bonchev–Trinajstić information content (AvgIpc) is 2.87. The molecule has 2 unspecified atom stereocenters. The Bertz CT molecular complexity index is 339. The molecule has 2 aliphatic rings. The zero-order valence-electron chi connectivity index (χ0n) is 13.7. The third kappa shape index (κ3) is 4.88. The first-order valence-electron chi connectivity index (χ1n) is 8.03. The van der Waals surface area contributed by atoms with Gasteiger partial charge in [0.2, 0.25) is 5.91 Å². The Morgan fingerprint density at radius 3 is 2.48 bits per heavy atom. The molecular formula is C15H29F2N3O. The van der Waals surface area contributed by atoms with Gasteiger partial charge < -0.3 is 5.32 Å². The number of halogens is 2. The number of rotatable bonds is 3. The second-order valence-corrected chi connectivity index (χ2v) is 5.62. The summed E-state index contributed by atoms with van der Waals surface area (Å²) in [7, 11) is 0. The molecule has 0 radical (unpaired) electrons. The Labute approximate surface area is 126 Å². The molecule has 0 aromatic carbocycles. The van der Waals surface area contributed by atoms with Crippen molar-refractivity contribution >= 4 is 5.91 Å². The van der Waals surface area contributed by atoms with Gasteiger partial charge in [0.1, 0.15) is 0 Å². The molecule has 0 spiro atoms. The van der Waals surface area contributed by atoms with E-state index in [0.29, 0.717) is 26.1 Å². The monoisotopic (exact) mass is 305 g/mol. The quantitative estimate of drug-likeness (QED) is 0.866. The largest absolute Gasteiger partial charge is 0.352 e. The van der Waals surface area contributed by atoms with Crippen LogP contribution in [0.3, 0.4) is 0 Å². The average molecular weight is 305 g/mol. The first-order valence-corrected chi connectivity index (χ1v) is 8.03. The molecule has 1 N–H and O–H groups in total. The zero-order chi connectivity index (χ0) is 16.0. The number of carbonyl (C=O) groups excluding carboxylic acids is 1. The minimum absolute atomic E-state index is 0.0255. The molecule has 1 amide bonds. The van der Waals surface area contributed by atoms with Crippen LogP contribution in [0.25, 0.3) is 0 Å². The van der Waals surface area contributed by atoms with Crippen LogP contribution in [0.5, 0.6) is 0 Å². The molecule has 2 saturated heterocycles. The van der Waals surface area contributed by atoms with Gasteiger partial charge in [-0.15, -0.1) is 0 Å².